The fraction of sp³-hybridized carbons (Fsp3) is 0.500. The van der Waals surface area contributed by atoms with Gasteiger partial charge in [0.25, 0.3) is 5.91 Å². The maximum atomic E-state index is 12.2. The van der Waals surface area contributed by atoms with Crippen LogP contribution in [0.25, 0.3) is 0 Å². The van der Waals surface area contributed by atoms with Crippen LogP contribution in [-0.2, 0) is 0 Å². The number of nitrogen functional groups attached to an aromatic ring is 1. The van der Waals surface area contributed by atoms with E-state index in [1.165, 1.54) is 0 Å². The van der Waals surface area contributed by atoms with Gasteiger partial charge in [0, 0.05) is 31.5 Å². The molecule has 1 amide bonds. The Hall–Kier alpha value is -1.71. The fourth-order valence-corrected chi connectivity index (χ4v) is 2.25. The molecule has 1 aliphatic rings. The first-order valence-electron chi connectivity index (χ1n) is 6.40. The number of amides is 1. The average molecular weight is 247 g/mol. The quantitative estimate of drug-likeness (QED) is 0.798. The van der Waals surface area contributed by atoms with E-state index < -0.39 is 0 Å². The van der Waals surface area contributed by atoms with Crippen LogP contribution < -0.4 is 16.0 Å². The van der Waals surface area contributed by atoms with Crippen LogP contribution in [0.1, 0.15) is 30.1 Å². The lowest BCUT2D eigenvalue weighted by atomic mass is 10.1. The van der Waals surface area contributed by atoms with E-state index in [0.29, 0.717) is 23.2 Å². The standard InChI is InChI=1S/C14H21N3O/c1-4-9-7-12(9)16-14(18)11-8-10(15)5-6-13(11)17(2)3/h5-6,8-9,12H,4,7,15H2,1-3H3,(H,16,18). The Morgan fingerprint density at radius 2 is 2.22 bits per heavy atom. The summed E-state index contributed by atoms with van der Waals surface area (Å²) in [5, 5.41) is 3.07. The number of hydrogen-bond donors (Lipinski definition) is 2. The number of carbonyl (C=O) groups is 1. The summed E-state index contributed by atoms with van der Waals surface area (Å²) in [4.78, 5) is 14.2. The van der Waals surface area contributed by atoms with Gasteiger partial charge in [0.2, 0.25) is 0 Å². The first-order chi connectivity index (χ1) is 8.52. The number of carbonyl (C=O) groups excluding carboxylic acids is 1. The predicted octanol–water partition coefficient (Wildman–Crippen LogP) is 1.86. The van der Waals surface area contributed by atoms with Gasteiger partial charge in [-0.3, -0.25) is 4.79 Å². The molecule has 2 unspecified atom stereocenters. The van der Waals surface area contributed by atoms with Crippen molar-refractivity contribution in [3.05, 3.63) is 23.8 Å². The Morgan fingerprint density at radius 3 is 2.78 bits per heavy atom. The molecule has 4 heteroatoms. The molecule has 0 bridgehead atoms. The van der Waals surface area contributed by atoms with Gasteiger partial charge in [0.15, 0.2) is 0 Å². The van der Waals surface area contributed by atoms with Crippen LogP contribution in [0, 0.1) is 5.92 Å². The molecule has 1 aromatic carbocycles. The molecule has 2 atom stereocenters. The molecule has 4 nitrogen and oxygen atoms in total. The SMILES string of the molecule is CCC1CC1NC(=O)c1cc(N)ccc1N(C)C. The Balaban J connectivity index is 2.16. The Morgan fingerprint density at radius 1 is 1.50 bits per heavy atom. The lowest BCUT2D eigenvalue weighted by Crippen LogP contribution is -2.28. The second-order valence-electron chi connectivity index (χ2n) is 5.15. The molecule has 1 aliphatic carbocycles. The number of benzene rings is 1. The highest BCUT2D eigenvalue weighted by molar-refractivity contribution is 6.01. The van der Waals surface area contributed by atoms with Crippen LogP contribution in [0.15, 0.2) is 18.2 Å². The van der Waals surface area contributed by atoms with Crippen LogP contribution in [0.5, 0.6) is 0 Å². The molecule has 2 rings (SSSR count). The minimum absolute atomic E-state index is 0.0213. The van der Waals surface area contributed by atoms with Crippen LogP contribution in [-0.4, -0.2) is 26.0 Å². The van der Waals surface area contributed by atoms with Crippen molar-refractivity contribution >= 4 is 17.3 Å². The van der Waals surface area contributed by atoms with Gasteiger partial charge >= 0.3 is 0 Å². The molecule has 0 radical (unpaired) electrons. The van der Waals surface area contributed by atoms with Crippen molar-refractivity contribution in [2.45, 2.75) is 25.8 Å². The first kappa shape index (κ1) is 12.7. The van der Waals surface area contributed by atoms with Crippen molar-refractivity contribution in [2.75, 3.05) is 24.7 Å². The highest BCUT2D eigenvalue weighted by atomic mass is 16.1. The molecule has 0 aliphatic heterocycles. The summed E-state index contributed by atoms with van der Waals surface area (Å²) in [5.74, 6) is 0.629. The molecule has 3 N–H and O–H groups in total. The lowest BCUT2D eigenvalue weighted by Gasteiger charge is -2.17. The van der Waals surface area contributed by atoms with E-state index in [4.69, 9.17) is 5.73 Å². The van der Waals surface area contributed by atoms with Crippen molar-refractivity contribution in [3.8, 4) is 0 Å². The summed E-state index contributed by atoms with van der Waals surface area (Å²) in [6.07, 6.45) is 2.23. The predicted molar refractivity (Wildman–Crippen MR) is 74.8 cm³/mol. The first-order valence-corrected chi connectivity index (χ1v) is 6.40. The molecule has 98 valence electrons. The van der Waals surface area contributed by atoms with Gasteiger partial charge < -0.3 is 16.0 Å². The third-order valence-corrected chi connectivity index (χ3v) is 3.51. The van der Waals surface area contributed by atoms with Gasteiger partial charge in [-0.15, -0.1) is 0 Å². The van der Waals surface area contributed by atoms with Crippen LogP contribution in [0.3, 0.4) is 0 Å². The number of nitrogens with zero attached hydrogens (tertiary/aromatic N) is 1. The van der Waals surface area contributed by atoms with Gasteiger partial charge in [-0.1, -0.05) is 13.3 Å². The summed E-state index contributed by atoms with van der Waals surface area (Å²) in [7, 11) is 3.85. The normalized spacial score (nSPS) is 21.5. The van der Waals surface area contributed by atoms with Gasteiger partial charge in [-0.25, -0.2) is 0 Å². The maximum absolute atomic E-state index is 12.2. The smallest absolute Gasteiger partial charge is 0.253 e. The van der Waals surface area contributed by atoms with E-state index in [-0.39, 0.29) is 5.91 Å². The van der Waals surface area contributed by atoms with Crippen LogP contribution in [0.4, 0.5) is 11.4 Å². The van der Waals surface area contributed by atoms with Gasteiger partial charge in [0.05, 0.1) is 5.56 Å². The average Bonchev–Trinajstić information content (AvgIpc) is 3.06. The van der Waals surface area contributed by atoms with Crippen LogP contribution >= 0.6 is 0 Å². The highest BCUT2D eigenvalue weighted by Crippen LogP contribution is 2.33. The Kier molecular flexibility index (Phi) is 3.45. The molecular formula is C14H21N3O. The molecule has 0 aromatic heterocycles. The van der Waals surface area contributed by atoms with Crippen molar-refractivity contribution < 1.29 is 4.79 Å². The molecular weight excluding hydrogens is 226 g/mol. The molecule has 1 fully saturated rings. The third kappa shape index (κ3) is 2.58. The van der Waals surface area contributed by atoms with Crippen molar-refractivity contribution in [2.24, 2.45) is 5.92 Å². The largest absolute Gasteiger partial charge is 0.399 e. The van der Waals surface area contributed by atoms with Crippen LogP contribution in [0.2, 0.25) is 0 Å². The van der Waals surface area contributed by atoms with Gasteiger partial charge in [-0.05, 0) is 30.5 Å². The zero-order chi connectivity index (χ0) is 13.3. The lowest BCUT2D eigenvalue weighted by molar-refractivity contribution is 0.0949. The Bertz CT molecular complexity index is 456. The maximum Gasteiger partial charge on any atom is 0.253 e. The van der Waals surface area contributed by atoms with E-state index in [9.17, 15) is 4.79 Å². The fourth-order valence-electron chi connectivity index (χ4n) is 2.25. The van der Waals surface area contributed by atoms with E-state index in [1.807, 2.05) is 31.1 Å². The number of anilines is 2. The highest BCUT2D eigenvalue weighted by Gasteiger charge is 2.36. The van der Waals surface area contributed by atoms with E-state index in [0.717, 1.165) is 18.5 Å². The van der Waals surface area contributed by atoms with E-state index >= 15 is 0 Å². The number of nitrogens with two attached hydrogens (primary N) is 1. The summed E-state index contributed by atoms with van der Waals surface area (Å²) in [5.41, 5.74) is 7.94. The molecule has 0 spiro atoms. The summed E-state index contributed by atoms with van der Waals surface area (Å²) in [6, 6.07) is 5.79. The van der Waals surface area contributed by atoms with E-state index in [2.05, 4.69) is 12.2 Å². The number of rotatable bonds is 4. The zero-order valence-corrected chi connectivity index (χ0v) is 11.2. The summed E-state index contributed by atoms with van der Waals surface area (Å²) in [6.45, 7) is 2.16. The second kappa shape index (κ2) is 4.88. The Labute approximate surface area is 108 Å². The number of nitrogens with one attached hydrogen (secondary N) is 1. The molecule has 1 aromatic rings. The monoisotopic (exact) mass is 247 g/mol. The van der Waals surface area contributed by atoms with Gasteiger partial charge in [-0.2, -0.15) is 0 Å². The third-order valence-electron chi connectivity index (χ3n) is 3.51. The van der Waals surface area contributed by atoms with E-state index in [1.54, 1.807) is 6.07 Å². The second-order valence-corrected chi connectivity index (χ2v) is 5.15. The van der Waals surface area contributed by atoms with Crippen molar-refractivity contribution in [3.63, 3.8) is 0 Å². The van der Waals surface area contributed by atoms with Crippen molar-refractivity contribution in [1.82, 2.24) is 5.32 Å². The van der Waals surface area contributed by atoms with Crippen molar-refractivity contribution in [1.29, 1.82) is 0 Å². The zero-order valence-electron chi connectivity index (χ0n) is 11.2. The molecule has 0 saturated heterocycles. The van der Waals surface area contributed by atoms with Gasteiger partial charge in [0.1, 0.15) is 0 Å². The molecule has 0 heterocycles. The molecule has 18 heavy (non-hydrogen) atoms. The molecule has 1 saturated carbocycles. The topological polar surface area (TPSA) is 58.4 Å². The minimum Gasteiger partial charge on any atom is -0.399 e. The summed E-state index contributed by atoms with van der Waals surface area (Å²) >= 11 is 0. The number of hydrogen-bond acceptors (Lipinski definition) is 3. The summed E-state index contributed by atoms with van der Waals surface area (Å²) < 4.78 is 0. The minimum atomic E-state index is -0.0213.